The highest BCUT2D eigenvalue weighted by Crippen LogP contribution is 2.41. The van der Waals surface area contributed by atoms with Gasteiger partial charge in [0.2, 0.25) is 0 Å². The van der Waals surface area contributed by atoms with Crippen molar-refractivity contribution in [1.82, 2.24) is 4.90 Å². The van der Waals surface area contributed by atoms with Gasteiger partial charge < -0.3 is 5.73 Å². The summed E-state index contributed by atoms with van der Waals surface area (Å²) < 4.78 is 13.0. The molecule has 2 nitrogen and oxygen atoms in total. The van der Waals surface area contributed by atoms with Crippen LogP contribution in [0, 0.1) is 11.2 Å². The second-order valence-electron chi connectivity index (χ2n) is 6.74. The molecule has 1 aromatic rings. The topological polar surface area (TPSA) is 29.3 Å². The van der Waals surface area contributed by atoms with Gasteiger partial charge in [0, 0.05) is 24.4 Å². The molecule has 0 amide bonds. The average Bonchev–Trinajstić information content (AvgIpc) is 2.40. The molecule has 0 spiro atoms. The van der Waals surface area contributed by atoms with Crippen molar-refractivity contribution in [3.8, 4) is 0 Å². The molecule has 0 aliphatic carbocycles. The van der Waals surface area contributed by atoms with Crippen LogP contribution >= 0.6 is 11.8 Å². The molecule has 1 unspecified atom stereocenters. The summed E-state index contributed by atoms with van der Waals surface area (Å²) in [4.78, 5) is 2.36. The first-order valence-electron chi connectivity index (χ1n) is 7.10. The van der Waals surface area contributed by atoms with E-state index in [1.54, 1.807) is 0 Å². The summed E-state index contributed by atoms with van der Waals surface area (Å²) in [6.07, 6.45) is 1.11. The van der Waals surface area contributed by atoms with Gasteiger partial charge in [-0.2, -0.15) is 11.8 Å². The Balaban J connectivity index is 2.12. The van der Waals surface area contributed by atoms with Gasteiger partial charge in [-0.15, -0.1) is 0 Å². The molecule has 1 saturated heterocycles. The minimum atomic E-state index is -0.181. The molecule has 1 aliphatic heterocycles. The van der Waals surface area contributed by atoms with Crippen molar-refractivity contribution in [3.05, 3.63) is 35.6 Å². The fraction of sp³-hybridized carbons (Fsp3) is 0.625. The molecule has 4 heteroatoms. The normalized spacial score (nSPS) is 25.9. The van der Waals surface area contributed by atoms with Gasteiger partial charge in [-0.25, -0.2) is 4.39 Å². The molecule has 2 N–H and O–H groups in total. The first-order chi connectivity index (χ1) is 9.37. The number of hydrogen-bond donors (Lipinski definition) is 1. The van der Waals surface area contributed by atoms with Crippen molar-refractivity contribution in [3.63, 3.8) is 0 Å². The maximum Gasteiger partial charge on any atom is 0.123 e. The molecule has 1 aromatic carbocycles. The Bertz CT molecular complexity index is 446. The van der Waals surface area contributed by atoms with Gasteiger partial charge >= 0.3 is 0 Å². The second-order valence-corrected chi connectivity index (χ2v) is 7.73. The highest BCUT2D eigenvalue weighted by atomic mass is 32.2. The van der Waals surface area contributed by atoms with Crippen LogP contribution < -0.4 is 5.73 Å². The molecular weight excluding hydrogens is 271 g/mol. The van der Waals surface area contributed by atoms with Gasteiger partial charge in [-0.1, -0.05) is 26.0 Å². The Labute approximate surface area is 125 Å². The van der Waals surface area contributed by atoms with E-state index in [1.165, 1.54) is 17.9 Å². The van der Waals surface area contributed by atoms with Crippen molar-refractivity contribution in [2.75, 3.05) is 25.1 Å². The molecule has 2 rings (SSSR count). The summed E-state index contributed by atoms with van der Waals surface area (Å²) in [5.74, 6) is 2.09. The second kappa shape index (κ2) is 6.04. The molecule has 112 valence electrons. The van der Waals surface area contributed by atoms with Crippen LogP contribution in [0.1, 0.15) is 25.8 Å². The monoisotopic (exact) mass is 296 g/mol. The van der Waals surface area contributed by atoms with E-state index in [2.05, 4.69) is 25.8 Å². The fourth-order valence-electron chi connectivity index (χ4n) is 3.07. The van der Waals surface area contributed by atoms with Gasteiger partial charge in [-0.05, 0) is 42.3 Å². The summed E-state index contributed by atoms with van der Waals surface area (Å²) in [6, 6.07) is 6.77. The van der Waals surface area contributed by atoms with Crippen LogP contribution in [0.2, 0.25) is 0 Å². The summed E-state index contributed by atoms with van der Waals surface area (Å²) in [5, 5.41) is 0. The van der Waals surface area contributed by atoms with E-state index in [1.807, 2.05) is 23.9 Å². The van der Waals surface area contributed by atoms with Gasteiger partial charge in [0.1, 0.15) is 5.82 Å². The summed E-state index contributed by atoms with van der Waals surface area (Å²) in [7, 11) is 2.14. The predicted molar refractivity (Wildman–Crippen MR) is 85.4 cm³/mol. The number of nitrogens with zero attached hydrogens (tertiary/aromatic N) is 1. The SMILES string of the molecule is CN(Cc1ccc(F)cc1)C1(CN)CSCC(C)(C)C1. The lowest BCUT2D eigenvalue weighted by Crippen LogP contribution is -2.58. The van der Waals surface area contributed by atoms with E-state index >= 15 is 0 Å². The van der Waals surface area contributed by atoms with Gasteiger partial charge in [0.25, 0.3) is 0 Å². The number of likely N-dealkylation sites (N-methyl/N-ethyl adjacent to an activating group) is 1. The molecule has 0 bridgehead atoms. The Morgan fingerprint density at radius 1 is 1.25 bits per heavy atom. The lowest BCUT2D eigenvalue weighted by Gasteiger charge is -2.49. The molecule has 0 saturated carbocycles. The first-order valence-corrected chi connectivity index (χ1v) is 8.26. The van der Waals surface area contributed by atoms with E-state index in [4.69, 9.17) is 5.73 Å². The summed E-state index contributed by atoms with van der Waals surface area (Å²) in [5.41, 5.74) is 7.62. The van der Waals surface area contributed by atoms with E-state index < -0.39 is 0 Å². The molecule has 1 aliphatic rings. The lowest BCUT2D eigenvalue weighted by atomic mass is 9.79. The van der Waals surface area contributed by atoms with Crippen LogP contribution in [-0.2, 0) is 6.54 Å². The molecule has 0 aromatic heterocycles. The van der Waals surface area contributed by atoms with E-state index in [-0.39, 0.29) is 11.4 Å². The zero-order chi connectivity index (χ0) is 14.8. The number of benzene rings is 1. The first kappa shape index (κ1) is 15.8. The van der Waals surface area contributed by atoms with Crippen LogP contribution in [0.4, 0.5) is 4.39 Å². The Morgan fingerprint density at radius 3 is 2.45 bits per heavy atom. The molecule has 20 heavy (non-hydrogen) atoms. The third kappa shape index (κ3) is 3.54. The third-order valence-corrected chi connectivity index (χ3v) is 5.92. The molecule has 0 radical (unpaired) electrons. The standard InChI is InChI=1S/C16H25FN2S/c1-15(2)9-16(10-18,12-20-11-15)19(3)8-13-4-6-14(17)7-5-13/h4-7H,8-12,18H2,1-3H3. The summed E-state index contributed by atoms with van der Waals surface area (Å²) in [6.45, 7) is 6.11. The lowest BCUT2D eigenvalue weighted by molar-refractivity contribution is 0.0870. The third-order valence-electron chi connectivity index (χ3n) is 4.19. The largest absolute Gasteiger partial charge is 0.329 e. The number of nitrogens with two attached hydrogens (primary N) is 1. The number of halogens is 1. The number of thioether (sulfide) groups is 1. The molecule has 1 heterocycles. The Kier molecular flexibility index (Phi) is 4.77. The van der Waals surface area contributed by atoms with Gasteiger partial charge in [0.15, 0.2) is 0 Å². The maximum absolute atomic E-state index is 13.0. The quantitative estimate of drug-likeness (QED) is 0.925. The zero-order valence-corrected chi connectivity index (χ0v) is 13.5. The van der Waals surface area contributed by atoms with Crippen molar-refractivity contribution < 1.29 is 4.39 Å². The van der Waals surface area contributed by atoms with Crippen molar-refractivity contribution in [1.29, 1.82) is 0 Å². The van der Waals surface area contributed by atoms with Crippen molar-refractivity contribution in [2.45, 2.75) is 32.4 Å². The Morgan fingerprint density at radius 2 is 1.90 bits per heavy atom. The Hall–Kier alpha value is -0.580. The van der Waals surface area contributed by atoms with Crippen LogP contribution in [-0.4, -0.2) is 35.5 Å². The van der Waals surface area contributed by atoms with Crippen molar-refractivity contribution in [2.24, 2.45) is 11.1 Å². The van der Waals surface area contributed by atoms with E-state index in [0.717, 1.165) is 24.3 Å². The maximum atomic E-state index is 13.0. The summed E-state index contributed by atoms with van der Waals surface area (Å²) >= 11 is 1.99. The minimum Gasteiger partial charge on any atom is -0.329 e. The number of rotatable bonds is 4. The zero-order valence-electron chi connectivity index (χ0n) is 12.7. The average molecular weight is 296 g/mol. The van der Waals surface area contributed by atoms with E-state index in [0.29, 0.717) is 12.0 Å². The van der Waals surface area contributed by atoms with E-state index in [9.17, 15) is 4.39 Å². The fourth-order valence-corrected chi connectivity index (χ4v) is 4.65. The smallest absolute Gasteiger partial charge is 0.123 e. The van der Waals surface area contributed by atoms with Gasteiger partial charge in [0.05, 0.1) is 0 Å². The van der Waals surface area contributed by atoms with Crippen LogP contribution in [0.15, 0.2) is 24.3 Å². The number of hydrogen-bond acceptors (Lipinski definition) is 3. The van der Waals surface area contributed by atoms with Crippen LogP contribution in [0.3, 0.4) is 0 Å². The molecule has 1 fully saturated rings. The highest BCUT2D eigenvalue weighted by molar-refractivity contribution is 7.99. The van der Waals surface area contributed by atoms with Crippen LogP contribution in [0.5, 0.6) is 0 Å². The van der Waals surface area contributed by atoms with Crippen LogP contribution in [0.25, 0.3) is 0 Å². The molecule has 1 atom stereocenters. The van der Waals surface area contributed by atoms with Crippen molar-refractivity contribution >= 4 is 11.8 Å². The minimum absolute atomic E-state index is 0.0425. The molecular formula is C16H25FN2S. The highest BCUT2D eigenvalue weighted by Gasteiger charge is 2.42. The van der Waals surface area contributed by atoms with Gasteiger partial charge in [-0.3, -0.25) is 4.90 Å². The predicted octanol–water partition coefficient (Wildman–Crippen LogP) is 3.12.